The molecule has 0 bridgehead atoms. The number of fused-ring (bicyclic) bond motifs is 1. The zero-order valence-corrected chi connectivity index (χ0v) is 17.4. The molecule has 7 nitrogen and oxygen atoms in total. The van der Waals surface area contributed by atoms with Gasteiger partial charge >= 0.3 is 5.97 Å². The van der Waals surface area contributed by atoms with Crippen molar-refractivity contribution >= 4 is 46.9 Å². The molecule has 3 rings (SSSR count). The van der Waals surface area contributed by atoms with E-state index in [1.165, 1.54) is 18.6 Å². The predicted molar refractivity (Wildman–Crippen MR) is 107 cm³/mol. The van der Waals surface area contributed by atoms with Crippen LogP contribution in [0.25, 0.3) is 0 Å². The standard InChI is InChI=1S/C20H22Cl2N2O5/c21-15-8-13-14(9-16(15)22)20(28)24(19(13)27)10-18(26)29-11-17(25)23-12-6-4-2-1-3-5-7-12/h8-9,12H,1-7,10-11H2,(H,23,25). The summed E-state index contributed by atoms with van der Waals surface area (Å²) in [5.74, 6) is -2.53. The van der Waals surface area contributed by atoms with E-state index >= 15 is 0 Å². The Bertz CT molecular complexity index is 793. The normalized spacial score (nSPS) is 17.5. The first kappa shape index (κ1) is 21.6. The van der Waals surface area contributed by atoms with Crippen molar-refractivity contribution < 1.29 is 23.9 Å². The molecule has 1 N–H and O–H groups in total. The second kappa shape index (κ2) is 9.59. The van der Waals surface area contributed by atoms with E-state index in [9.17, 15) is 19.2 Å². The Kier molecular flexibility index (Phi) is 7.14. The van der Waals surface area contributed by atoms with Crippen LogP contribution in [0.1, 0.15) is 65.7 Å². The van der Waals surface area contributed by atoms with Gasteiger partial charge in [0.15, 0.2) is 6.61 Å². The summed E-state index contributed by atoms with van der Waals surface area (Å²) in [6.07, 6.45) is 7.53. The number of amides is 3. The van der Waals surface area contributed by atoms with Gasteiger partial charge in [0.1, 0.15) is 6.54 Å². The Balaban J connectivity index is 1.50. The Morgan fingerprint density at radius 2 is 1.48 bits per heavy atom. The van der Waals surface area contributed by atoms with E-state index in [1.54, 1.807) is 0 Å². The number of carbonyl (C=O) groups excluding carboxylic acids is 4. The molecular formula is C20H22Cl2N2O5. The molecule has 0 aromatic heterocycles. The van der Waals surface area contributed by atoms with Crippen LogP contribution in [0.15, 0.2) is 12.1 Å². The minimum Gasteiger partial charge on any atom is -0.454 e. The van der Waals surface area contributed by atoms with E-state index in [1.807, 2.05) is 0 Å². The second-order valence-corrected chi connectivity index (χ2v) is 8.09. The second-order valence-electron chi connectivity index (χ2n) is 7.28. The molecule has 0 unspecified atom stereocenters. The first-order valence-electron chi connectivity index (χ1n) is 9.67. The van der Waals surface area contributed by atoms with E-state index in [2.05, 4.69) is 5.32 Å². The first-order valence-corrected chi connectivity index (χ1v) is 10.4. The zero-order chi connectivity index (χ0) is 21.0. The largest absolute Gasteiger partial charge is 0.454 e. The highest BCUT2D eigenvalue weighted by Gasteiger charge is 2.37. The number of benzene rings is 1. The summed E-state index contributed by atoms with van der Waals surface area (Å²) in [5.41, 5.74) is 0.165. The van der Waals surface area contributed by atoms with Crippen LogP contribution in [0.4, 0.5) is 0 Å². The van der Waals surface area contributed by atoms with Crippen molar-refractivity contribution in [1.82, 2.24) is 10.2 Å². The lowest BCUT2D eigenvalue weighted by Crippen LogP contribution is -2.40. The number of rotatable bonds is 5. The van der Waals surface area contributed by atoms with Crippen LogP contribution < -0.4 is 5.32 Å². The number of nitrogens with zero attached hydrogens (tertiary/aromatic N) is 1. The van der Waals surface area contributed by atoms with Crippen molar-refractivity contribution in [3.8, 4) is 0 Å². The van der Waals surface area contributed by atoms with Crippen molar-refractivity contribution in [1.29, 1.82) is 0 Å². The third-order valence-corrected chi connectivity index (χ3v) is 5.86. The molecule has 1 aromatic carbocycles. The van der Waals surface area contributed by atoms with E-state index in [0.29, 0.717) is 0 Å². The Hall–Kier alpha value is -2.12. The van der Waals surface area contributed by atoms with Gasteiger partial charge < -0.3 is 10.1 Å². The highest BCUT2D eigenvalue weighted by Crippen LogP contribution is 2.31. The van der Waals surface area contributed by atoms with E-state index in [-0.39, 0.29) is 33.1 Å². The zero-order valence-electron chi connectivity index (χ0n) is 15.8. The smallest absolute Gasteiger partial charge is 0.326 e. The number of hydrogen-bond donors (Lipinski definition) is 1. The number of esters is 1. The highest BCUT2D eigenvalue weighted by molar-refractivity contribution is 6.43. The summed E-state index contributed by atoms with van der Waals surface area (Å²) >= 11 is 11.8. The number of carbonyl (C=O) groups is 4. The SMILES string of the molecule is O=C(COC(=O)CN1C(=O)c2cc(Cl)c(Cl)cc2C1=O)NC1CCCCCCC1. The first-order chi connectivity index (χ1) is 13.9. The summed E-state index contributed by atoms with van der Waals surface area (Å²) in [6, 6.07) is 2.69. The van der Waals surface area contributed by atoms with E-state index in [4.69, 9.17) is 27.9 Å². The van der Waals surface area contributed by atoms with Gasteiger partial charge in [-0.15, -0.1) is 0 Å². The molecule has 29 heavy (non-hydrogen) atoms. The average Bonchev–Trinajstić information content (AvgIpc) is 2.87. The summed E-state index contributed by atoms with van der Waals surface area (Å²) in [5, 5.41) is 3.17. The summed E-state index contributed by atoms with van der Waals surface area (Å²) in [6.45, 7) is -1.03. The van der Waals surface area contributed by atoms with Crippen molar-refractivity contribution in [2.45, 2.75) is 51.0 Å². The average molecular weight is 441 g/mol. The number of hydrogen-bond acceptors (Lipinski definition) is 5. The fraction of sp³-hybridized carbons (Fsp3) is 0.500. The Morgan fingerprint density at radius 1 is 0.966 bits per heavy atom. The van der Waals surface area contributed by atoms with Gasteiger partial charge in [0.05, 0.1) is 21.2 Å². The fourth-order valence-electron chi connectivity index (χ4n) is 3.62. The molecule has 0 spiro atoms. The fourth-order valence-corrected chi connectivity index (χ4v) is 3.95. The molecule has 0 saturated heterocycles. The van der Waals surface area contributed by atoms with Crippen LogP contribution in [0, 0.1) is 0 Å². The number of imide groups is 1. The van der Waals surface area contributed by atoms with Crippen LogP contribution in [-0.4, -0.2) is 47.8 Å². The molecular weight excluding hydrogens is 419 g/mol. The van der Waals surface area contributed by atoms with E-state index in [0.717, 1.165) is 43.4 Å². The van der Waals surface area contributed by atoms with Crippen molar-refractivity contribution in [3.05, 3.63) is 33.3 Å². The molecule has 0 radical (unpaired) electrons. The van der Waals surface area contributed by atoms with Crippen molar-refractivity contribution in [2.24, 2.45) is 0 Å². The Morgan fingerprint density at radius 3 is 2.03 bits per heavy atom. The molecule has 1 heterocycles. The molecule has 3 amide bonds. The molecule has 0 atom stereocenters. The van der Waals surface area contributed by atoms with Gasteiger partial charge in [-0.25, -0.2) is 0 Å². The van der Waals surface area contributed by atoms with Gasteiger partial charge in [0.25, 0.3) is 17.7 Å². The lowest BCUT2D eigenvalue weighted by Gasteiger charge is -2.21. The number of halogens is 2. The molecule has 156 valence electrons. The van der Waals surface area contributed by atoms with Gasteiger partial charge in [-0.3, -0.25) is 24.1 Å². The summed E-state index contributed by atoms with van der Waals surface area (Å²) < 4.78 is 4.96. The minimum absolute atomic E-state index is 0.0826. The lowest BCUT2D eigenvalue weighted by molar-refractivity contribution is -0.148. The lowest BCUT2D eigenvalue weighted by atomic mass is 9.97. The van der Waals surface area contributed by atoms with Gasteiger partial charge in [0.2, 0.25) is 0 Å². The molecule has 2 aliphatic rings. The van der Waals surface area contributed by atoms with Crippen molar-refractivity contribution in [2.75, 3.05) is 13.2 Å². The molecule has 1 aliphatic carbocycles. The molecule has 1 aliphatic heterocycles. The molecule has 1 fully saturated rings. The Labute approximate surface area is 178 Å². The van der Waals surface area contributed by atoms with Crippen LogP contribution >= 0.6 is 23.2 Å². The van der Waals surface area contributed by atoms with Gasteiger partial charge in [-0.05, 0) is 25.0 Å². The number of nitrogens with one attached hydrogen (secondary N) is 1. The van der Waals surface area contributed by atoms with Crippen LogP contribution in [0.5, 0.6) is 0 Å². The van der Waals surface area contributed by atoms with E-state index < -0.39 is 30.9 Å². The third-order valence-electron chi connectivity index (χ3n) is 5.13. The maximum Gasteiger partial charge on any atom is 0.326 e. The maximum atomic E-state index is 12.4. The highest BCUT2D eigenvalue weighted by atomic mass is 35.5. The van der Waals surface area contributed by atoms with Crippen LogP contribution in [0.2, 0.25) is 10.0 Å². The molecule has 9 heteroatoms. The van der Waals surface area contributed by atoms with Gasteiger partial charge in [-0.2, -0.15) is 0 Å². The van der Waals surface area contributed by atoms with Gasteiger partial charge in [-0.1, -0.05) is 55.3 Å². The number of ether oxygens (including phenoxy) is 1. The topological polar surface area (TPSA) is 92.8 Å². The molecule has 1 saturated carbocycles. The van der Waals surface area contributed by atoms with Crippen molar-refractivity contribution in [3.63, 3.8) is 0 Å². The maximum absolute atomic E-state index is 12.4. The predicted octanol–water partition coefficient (Wildman–Crippen LogP) is 3.36. The van der Waals surface area contributed by atoms with Crippen LogP contribution in [-0.2, 0) is 14.3 Å². The monoisotopic (exact) mass is 440 g/mol. The summed E-state index contributed by atoms with van der Waals surface area (Å²) in [7, 11) is 0. The third kappa shape index (κ3) is 5.28. The minimum atomic E-state index is -0.843. The summed E-state index contributed by atoms with van der Waals surface area (Å²) in [4.78, 5) is 49.7. The van der Waals surface area contributed by atoms with Gasteiger partial charge in [0, 0.05) is 6.04 Å². The molecule has 1 aromatic rings. The van der Waals surface area contributed by atoms with Crippen LogP contribution in [0.3, 0.4) is 0 Å². The quantitative estimate of drug-likeness (QED) is 0.559.